The van der Waals surface area contributed by atoms with E-state index in [9.17, 15) is 4.79 Å². The molecular weight excluding hydrogens is 318 g/mol. The molecule has 1 saturated carbocycles. The number of para-hydroxylation sites is 1. The van der Waals surface area contributed by atoms with Crippen LogP contribution in [0.3, 0.4) is 0 Å². The van der Waals surface area contributed by atoms with Gasteiger partial charge in [-0.1, -0.05) is 18.2 Å². The van der Waals surface area contributed by atoms with Crippen molar-refractivity contribution in [1.82, 2.24) is 20.3 Å². The van der Waals surface area contributed by atoms with Crippen molar-refractivity contribution in [3.05, 3.63) is 60.8 Å². The first-order valence-electron chi connectivity index (χ1n) is 8.12. The Morgan fingerprint density at radius 2 is 2.16 bits per heavy atom. The Balaban J connectivity index is 1.91. The Kier molecular flexibility index (Phi) is 3.73. The molecule has 4 N–H and O–H groups in total. The molecule has 0 spiro atoms. The number of nitrogens with zero attached hydrogens (tertiary/aromatic N) is 4. The predicted molar refractivity (Wildman–Crippen MR) is 94.3 cm³/mol. The number of aromatic nitrogens is 2. The molecule has 1 aromatic carbocycles. The summed E-state index contributed by atoms with van der Waals surface area (Å²) < 4.78 is 1.80. The number of aliphatic imine (C=N–C) groups is 1. The maximum Gasteiger partial charge on any atom is 0.252 e. The van der Waals surface area contributed by atoms with E-state index in [2.05, 4.69) is 20.6 Å². The van der Waals surface area contributed by atoms with E-state index in [4.69, 9.17) is 5.73 Å². The van der Waals surface area contributed by atoms with Gasteiger partial charge in [0.25, 0.3) is 5.91 Å². The van der Waals surface area contributed by atoms with Gasteiger partial charge in [0.1, 0.15) is 6.33 Å². The molecule has 1 fully saturated rings. The minimum absolute atomic E-state index is 0.271. The number of amides is 1. The summed E-state index contributed by atoms with van der Waals surface area (Å²) in [5.74, 6) is -1.70. The Morgan fingerprint density at radius 1 is 1.36 bits per heavy atom. The maximum absolute atomic E-state index is 12.2. The number of carbonyl (C=O) groups excluding carboxylic acids is 1. The van der Waals surface area contributed by atoms with Gasteiger partial charge < -0.3 is 11.1 Å². The fourth-order valence-corrected chi connectivity index (χ4v) is 2.95. The fourth-order valence-electron chi connectivity index (χ4n) is 2.95. The first-order chi connectivity index (χ1) is 12.2. The topological polar surface area (TPSA) is 101 Å². The van der Waals surface area contributed by atoms with E-state index in [1.807, 2.05) is 35.3 Å². The average molecular weight is 337 g/mol. The predicted octanol–water partition coefficient (Wildman–Crippen LogP) is 0.559. The number of anilines is 1. The molecule has 1 aliphatic heterocycles. The standard InChI is InChI=1S/C17H19N7O/c18-16(25)15-10-20-11-21-17(15,22-13-6-7-13)24(23-9-8-19-12-23)14-4-2-1-3-5-14/h1-5,8-13,22H,6-7H2,(H2,18,25)(H,20,21). The first-order valence-corrected chi connectivity index (χ1v) is 8.12. The molecule has 1 atom stereocenters. The lowest BCUT2D eigenvalue weighted by Gasteiger charge is -2.44. The zero-order valence-electron chi connectivity index (χ0n) is 13.5. The number of hydrogen-bond donors (Lipinski definition) is 3. The highest BCUT2D eigenvalue weighted by atomic mass is 16.1. The molecule has 0 radical (unpaired) electrons. The van der Waals surface area contributed by atoms with Crippen LogP contribution in [0.2, 0.25) is 0 Å². The molecular formula is C17H19N7O. The summed E-state index contributed by atoms with van der Waals surface area (Å²) in [6.45, 7) is 0. The second-order valence-corrected chi connectivity index (χ2v) is 6.03. The molecule has 8 nitrogen and oxygen atoms in total. The lowest BCUT2D eigenvalue weighted by molar-refractivity contribution is -0.115. The van der Waals surface area contributed by atoms with Crippen molar-refractivity contribution in [3.63, 3.8) is 0 Å². The number of nitrogens with two attached hydrogens (primary N) is 1. The van der Waals surface area contributed by atoms with Gasteiger partial charge in [0.05, 0.1) is 17.6 Å². The van der Waals surface area contributed by atoms with Crippen molar-refractivity contribution in [2.45, 2.75) is 24.7 Å². The SMILES string of the molecule is NC(=O)C1=CNC=NC1(NC1CC1)N(c1ccccc1)n1ccnc1. The molecule has 2 heterocycles. The lowest BCUT2D eigenvalue weighted by Crippen LogP contribution is -2.64. The minimum Gasteiger partial charge on any atom is -0.366 e. The summed E-state index contributed by atoms with van der Waals surface area (Å²) in [5, 5.41) is 8.25. The van der Waals surface area contributed by atoms with E-state index in [0.29, 0.717) is 5.57 Å². The van der Waals surface area contributed by atoms with E-state index < -0.39 is 11.7 Å². The van der Waals surface area contributed by atoms with Crippen molar-refractivity contribution >= 4 is 17.9 Å². The number of rotatable bonds is 6. The van der Waals surface area contributed by atoms with E-state index in [1.165, 1.54) is 0 Å². The second-order valence-electron chi connectivity index (χ2n) is 6.03. The largest absolute Gasteiger partial charge is 0.366 e. The highest BCUT2D eigenvalue weighted by molar-refractivity contribution is 5.96. The number of imidazole rings is 1. The van der Waals surface area contributed by atoms with Crippen LogP contribution in [-0.2, 0) is 4.79 Å². The quantitative estimate of drug-likeness (QED) is 0.669. The van der Waals surface area contributed by atoms with E-state index in [-0.39, 0.29) is 6.04 Å². The van der Waals surface area contributed by atoms with Crippen LogP contribution in [0.25, 0.3) is 0 Å². The normalized spacial score (nSPS) is 22.2. The molecule has 1 unspecified atom stereocenters. The van der Waals surface area contributed by atoms with Gasteiger partial charge in [-0.05, 0) is 25.0 Å². The van der Waals surface area contributed by atoms with Crippen LogP contribution < -0.4 is 21.4 Å². The summed E-state index contributed by atoms with van der Waals surface area (Å²) in [7, 11) is 0. The molecule has 0 saturated heterocycles. The van der Waals surface area contributed by atoms with Crippen molar-refractivity contribution in [3.8, 4) is 0 Å². The summed E-state index contributed by atoms with van der Waals surface area (Å²) in [6.07, 6.45) is 10.4. The molecule has 0 bridgehead atoms. The van der Waals surface area contributed by atoms with Gasteiger partial charge in [0.2, 0.25) is 5.79 Å². The van der Waals surface area contributed by atoms with Crippen LogP contribution in [0, 0.1) is 0 Å². The van der Waals surface area contributed by atoms with Crippen LogP contribution in [0.15, 0.2) is 65.8 Å². The number of carbonyl (C=O) groups is 1. The van der Waals surface area contributed by atoms with Gasteiger partial charge in [-0.2, -0.15) is 0 Å². The zero-order chi connectivity index (χ0) is 17.3. The number of hydrogen-bond acceptors (Lipinski definition) is 6. The van der Waals surface area contributed by atoms with Gasteiger partial charge >= 0.3 is 0 Å². The zero-order valence-corrected chi connectivity index (χ0v) is 13.5. The Bertz CT molecular complexity index is 811. The summed E-state index contributed by atoms with van der Waals surface area (Å²) in [4.78, 5) is 21.0. The van der Waals surface area contributed by atoms with Crippen LogP contribution in [0.4, 0.5) is 5.69 Å². The van der Waals surface area contributed by atoms with Crippen molar-refractivity contribution in [1.29, 1.82) is 0 Å². The van der Waals surface area contributed by atoms with Gasteiger partial charge in [-0.3, -0.25) is 10.1 Å². The van der Waals surface area contributed by atoms with Gasteiger partial charge in [-0.25, -0.2) is 19.7 Å². The first kappa shape index (κ1) is 15.4. The van der Waals surface area contributed by atoms with Gasteiger partial charge in [-0.15, -0.1) is 0 Å². The molecule has 4 rings (SSSR count). The van der Waals surface area contributed by atoms with Crippen LogP contribution in [0.1, 0.15) is 12.8 Å². The number of nitrogens with one attached hydrogen (secondary N) is 2. The number of benzene rings is 1. The second kappa shape index (κ2) is 6.06. The van der Waals surface area contributed by atoms with Gasteiger partial charge in [0, 0.05) is 24.6 Å². The van der Waals surface area contributed by atoms with Gasteiger partial charge in [0.15, 0.2) is 0 Å². The lowest BCUT2D eigenvalue weighted by atomic mass is 10.1. The molecule has 2 aliphatic rings. The molecule has 8 heteroatoms. The maximum atomic E-state index is 12.2. The van der Waals surface area contributed by atoms with Crippen molar-refractivity contribution in [2.24, 2.45) is 10.7 Å². The molecule has 1 amide bonds. The van der Waals surface area contributed by atoms with Crippen LogP contribution >= 0.6 is 0 Å². The third-order valence-electron chi connectivity index (χ3n) is 4.21. The monoisotopic (exact) mass is 337 g/mol. The van der Waals surface area contributed by atoms with Crippen molar-refractivity contribution < 1.29 is 4.79 Å². The Morgan fingerprint density at radius 3 is 2.80 bits per heavy atom. The minimum atomic E-state index is -1.15. The highest BCUT2D eigenvalue weighted by Gasteiger charge is 2.48. The number of primary amides is 1. The van der Waals surface area contributed by atoms with Crippen LogP contribution in [-0.4, -0.2) is 33.7 Å². The Hall–Kier alpha value is -3.13. The third kappa shape index (κ3) is 2.76. The molecule has 1 aliphatic carbocycles. The molecule has 25 heavy (non-hydrogen) atoms. The molecule has 128 valence electrons. The van der Waals surface area contributed by atoms with E-state index in [1.54, 1.807) is 35.9 Å². The third-order valence-corrected chi connectivity index (χ3v) is 4.21. The van der Waals surface area contributed by atoms with E-state index in [0.717, 1.165) is 18.5 Å². The Labute approximate surface area is 145 Å². The fraction of sp³-hybridized carbons (Fsp3) is 0.235. The van der Waals surface area contributed by atoms with Crippen molar-refractivity contribution in [2.75, 3.05) is 5.01 Å². The average Bonchev–Trinajstić information content (AvgIpc) is 3.27. The van der Waals surface area contributed by atoms with E-state index >= 15 is 0 Å². The summed E-state index contributed by atoms with van der Waals surface area (Å²) in [6, 6.07) is 9.98. The highest BCUT2D eigenvalue weighted by Crippen LogP contribution is 2.34. The summed E-state index contributed by atoms with van der Waals surface area (Å²) in [5.41, 5.74) is 6.88. The molecule has 2 aromatic rings. The smallest absolute Gasteiger partial charge is 0.252 e. The summed E-state index contributed by atoms with van der Waals surface area (Å²) >= 11 is 0. The molecule has 1 aromatic heterocycles. The van der Waals surface area contributed by atoms with Crippen LogP contribution in [0.5, 0.6) is 0 Å².